The van der Waals surface area contributed by atoms with Crippen molar-refractivity contribution < 1.29 is 22.8 Å². The molecule has 0 aliphatic carbocycles. The summed E-state index contributed by atoms with van der Waals surface area (Å²) in [5.41, 5.74) is 6.02. The second-order valence-electron chi connectivity index (χ2n) is 8.53. The number of halogens is 3. The molecule has 4 aromatic rings. The Morgan fingerprint density at radius 1 is 1.17 bits per heavy atom. The molecule has 0 saturated heterocycles. The van der Waals surface area contributed by atoms with Crippen molar-refractivity contribution in [1.82, 2.24) is 34.8 Å². The number of carbonyl (C=O) groups excluding carboxylic acids is 2. The lowest BCUT2D eigenvalue weighted by atomic mass is 10.0. The van der Waals surface area contributed by atoms with E-state index in [1.807, 2.05) is 20.8 Å². The lowest BCUT2D eigenvalue weighted by Gasteiger charge is -2.13. The Bertz CT molecular complexity index is 1590. The number of nitrogens with one attached hydrogen (secondary N) is 3. The van der Waals surface area contributed by atoms with Crippen LogP contribution in [0.5, 0.6) is 0 Å². The van der Waals surface area contributed by atoms with E-state index in [2.05, 4.69) is 31.0 Å². The molecule has 42 heavy (non-hydrogen) atoms. The smallest absolute Gasteiger partial charge is 0.353 e. The van der Waals surface area contributed by atoms with Gasteiger partial charge in [-0.25, -0.2) is 9.97 Å². The molecule has 0 aliphatic heterocycles. The molecule has 2 amide bonds. The van der Waals surface area contributed by atoms with Crippen molar-refractivity contribution in [2.45, 2.75) is 39.9 Å². The van der Waals surface area contributed by atoms with Gasteiger partial charge in [0.2, 0.25) is 5.91 Å². The number of hydrogen-bond acceptors (Lipinski definition) is 8. The molecule has 5 N–H and O–H groups in total. The Kier molecular flexibility index (Phi) is 10.6. The van der Waals surface area contributed by atoms with Gasteiger partial charge in [-0.2, -0.15) is 23.5 Å². The maximum atomic E-state index is 13.7. The Morgan fingerprint density at radius 3 is 2.60 bits per heavy atom. The zero-order chi connectivity index (χ0) is 30.9. The first-order valence-corrected chi connectivity index (χ1v) is 13.1. The van der Waals surface area contributed by atoms with Gasteiger partial charge in [0.1, 0.15) is 6.54 Å². The topological polar surface area (TPSA) is 168 Å². The first-order valence-electron chi connectivity index (χ1n) is 13.1. The van der Waals surface area contributed by atoms with Crippen LogP contribution >= 0.6 is 0 Å². The van der Waals surface area contributed by atoms with Crippen LogP contribution in [-0.4, -0.2) is 55.6 Å². The molecule has 0 atom stereocenters. The van der Waals surface area contributed by atoms with Crippen LogP contribution in [0.4, 0.5) is 24.7 Å². The Balaban J connectivity index is 0.00000237. The van der Waals surface area contributed by atoms with E-state index in [0.29, 0.717) is 36.3 Å². The van der Waals surface area contributed by atoms with Crippen LogP contribution in [0.1, 0.15) is 42.4 Å². The highest BCUT2D eigenvalue weighted by atomic mass is 19.4. The summed E-state index contributed by atoms with van der Waals surface area (Å²) >= 11 is 0. The van der Waals surface area contributed by atoms with Crippen LogP contribution in [-0.2, 0) is 23.9 Å². The summed E-state index contributed by atoms with van der Waals surface area (Å²) in [6, 6.07) is 6.77. The van der Waals surface area contributed by atoms with Gasteiger partial charge in [-0.3, -0.25) is 18.7 Å². The molecule has 0 radical (unpaired) electrons. The van der Waals surface area contributed by atoms with E-state index in [9.17, 15) is 22.8 Å². The van der Waals surface area contributed by atoms with Gasteiger partial charge in [0.25, 0.3) is 5.91 Å². The van der Waals surface area contributed by atoms with Crippen LogP contribution in [0.15, 0.2) is 43.0 Å². The number of imidazole rings is 1. The molecule has 3 aromatic heterocycles. The second kappa shape index (κ2) is 14.1. The fourth-order valence-electron chi connectivity index (χ4n) is 4.03. The zero-order valence-corrected chi connectivity index (χ0v) is 23.3. The number of aryl methyl sites for hydroxylation is 1. The Labute approximate surface area is 239 Å². The number of nitriles is 1. The van der Waals surface area contributed by atoms with Crippen molar-refractivity contribution in [2.24, 2.45) is 5.73 Å². The van der Waals surface area contributed by atoms with Crippen molar-refractivity contribution >= 4 is 29.0 Å². The van der Waals surface area contributed by atoms with Crippen molar-refractivity contribution in [3.05, 3.63) is 59.8 Å². The SMILES string of the molecule is CC.CCc1cc(Nc2nccn3c(-c4cn(CC#N)nc4C(F)(F)F)cnc23)ccc1C(=O)NCC(=O)NCCN. The number of fused-ring (bicyclic) bond motifs is 1. The first kappa shape index (κ1) is 31.6. The third kappa shape index (κ3) is 7.21. The quantitative estimate of drug-likeness (QED) is 0.220. The van der Waals surface area contributed by atoms with Crippen LogP contribution in [0, 0.1) is 11.3 Å². The number of benzene rings is 1. The summed E-state index contributed by atoms with van der Waals surface area (Å²) in [5.74, 6) is -0.502. The number of nitrogens with two attached hydrogens (primary N) is 1. The van der Waals surface area contributed by atoms with Crippen molar-refractivity contribution in [3.8, 4) is 17.3 Å². The van der Waals surface area contributed by atoms with E-state index < -0.39 is 17.8 Å². The molecule has 15 heteroatoms. The fourth-order valence-corrected chi connectivity index (χ4v) is 4.03. The van der Waals surface area contributed by atoms with Gasteiger partial charge >= 0.3 is 6.18 Å². The maximum Gasteiger partial charge on any atom is 0.435 e. The van der Waals surface area contributed by atoms with Gasteiger partial charge in [0.15, 0.2) is 17.2 Å². The van der Waals surface area contributed by atoms with Crippen LogP contribution < -0.4 is 21.7 Å². The second-order valence-corrected chi connectivity index (χ2v) is 8.53. The molecular weight excluding hydrogens is 553 g/mol. The summed E-state index contributed by atoms with van der Waals surface area (Å²) < 4.78 is 43.4. The molecule has 0 bridgehead atoms. The lowest BCUT2D eigenvalue weighted by molar-refractivity contribution is -0.141. The van der Waals surface area contributed by atoms with Gasteiger partial charge in [-0.05, 0) is 30.2 Å². The third-order valence-electron chi connectivity index (χ3n) is 5.84. The summed E-state index contributed by atoms with van der Waals surface area (Å²) in [6.07, 6.45) is 1.08. The van der Waals surface area contributed by atoms with E-state index in [1.54, 1.807) is 24.3 Å². The molecule has 0 spiro atoms. The van der Waals surface area contributed by atoms with Crippen LogP contribution in [0.2, 0.25) is 0 Å². The van der Waals surface area contributed by atoms with Gasteiger partial charge in [-0.15, -0.1) is 0 Å². The minimum atomic E-state index is -4.74. The van der Waals surface area contributed by atoms with Gasteiger partial charge < -0.3 is 21.7 Å². The molecule has 1 aromatic carbocycles. The molecule has 12 nitrogen and oxygen atoms in total. The largest absolute Gasteiger partial charge is 0.435 e. The molecular formula is C27H31F3N10O2. The predicted octanol–water partition coefficient (Wildman–Crippen LogP) is 3.27. The Hall–Kier alpha value is -4.97. The minimum Gasteiger partial charge on any atom is -0.353 e. The van der Waals surface area contributed by atoms with Crippen molar-refractivity contribution in [3.63, 3.8) is 0 Å². The van der Waals surface area contributed by atoms with E-state index in [1.165, 1.54) is 23.0 Å². The van der Waals surface area contributed by atoms with Crippen LogP contribution in [0.3, 0.4) is 0 Å². The minimum absolute atomic E-state index is 0.119. The van der Waals surface area contributed by atoms with Gasteiger partial charge in [0, 0.05) is 42.9 Å². The predicted molar refractivity (Wildman–Crippen MR) is 150 cm³/mol. The monoisotopic (exact) mass is 584 g/mol. The van der Waals surface area contributed by atoms with Gasteiger partial charge in [-0.1, -0.05) is 20.8 Å². The van der Waals surface area contributed by atoms with E-state index in [4.69, 9.17) is 11.0 Å². The zero-order valence-electron chi connectivity index (χ0n) is 23.3. The van der Waals surface area contributed by atoms with E-state index in [-0.39, 0.29) is 41.7 Å². The number of alkyl halides is 3. The average Bonchev–Trinajstić information content (AvgIpc) is 3.61. The molecule has 3 heterocycles. The fraction of sp³-hybridized carbons (Fsp3) is 0.333. The highest BCUT2D eigenvalue weighted by Gasteiger charge is 2.38. The molecule has 222 valence electrons. The van der Waals surface area contributed by atoms with E-state index in [0.717, 1.165) is 10.9 Å². The summed E-state index contributed by atoms with van der Waals surface area (Å²) in [5, 5.41) is 20.7. The van der Waals surface area contributed by atoms with Gasteiger partial charge in [0.05, 0.1) is 30.1 Å². The highest BCUT2D eigenvalue weighted by Crippen LogP contribution is 2.37. The number of aromatic nitrogens is 5. The van der Waals surface area contributed by atoms with E-state index >= 15 is 0 Å². The third-order valence-corrected chi connectivity index (χ3v) is 5.84. The average molecular weight is 585 g/mol. The summed E-state index contributed by atoms with van der Waals surface area (Å²) in [7, 11) is 0. The number of amides is 2. The molecule has 0 aliphatic rings. The molecule has 0 fully saturated rings. The normalized spacial score (nSPS) is 10.9. The molecule has 4 rings (SSSR count). The molecule has 0 unspecified atom stereocenters. The molecule has 0 saturated carbocycles. The van der Waals surface area contributed by atoms with Crippen molar-refractivity contribution in [1.29, 1.82) is 5.26 Å². The number of rotatable bonds is 10. The number of hydrogen-bond donors (Lipinski definition) is 4. The lowest BCUT2D eigenvalue weighted by Crippen LogP contribution is -2.39. The Morgan fingerprint density at radius 2 is 1.93 bits per heavy atom. The number of anilines is 2. The number of nitrogens with zero attached hydrogens (tertiary/aromatic N) is 6. The van der Waals surface area contributed by atoms with Crippen molar-refractivity contribution in [2.75, 3.05) is 25.0 Å². The first-order chi connectivity index (χ1) is 20.2. The van der Waals surface area contributed by atoms with Crippen LogP contribution in [0.25, 0.3) is 16.9 Å². The summed E-state index contributed by atoms with van der Waals surface area (Å²) in [4.78, 5) is 33.0. The summed E-state index contributed by atoms with van der Waals surface area (Å²) in [6.45, 7) is 5.93. The maximum absolute atomic E-state index is 13.7. The standard InChI is InChI=1S/C25H25F3N10O2.C2H6/c1-2-15-11-16(3-4-17(15)24(40)34-13-20(39)31-7-5-29)35-22-23-33-12-19(38(23)10-8-32-22)18-14-37(9-6-30)36-21(18)25(26,27)28;1-2/h3-4,8,10-12,14H,2,5,7,9,13,29H2,1H3,(H,31,39)(H,32,35)(H,34,40);1-2H3. The highest BCUT2D eigenvalue weighted by molar-refractivity contribution is 5.98. The number of carbonyl (C=O) groups is 2.